The number of carbonyl (C=O) groups is 6. The zero-order valence-electron chi connectivity index (χ0n) is 42.9. The van der Waals surface area contributed by atoms with E-state index in [1.165, 1.54) is 20.8 Å². The third-order valence-corrected chi connectivity index (χ3v) is 17.4. The van der Waals surface area contributed by atoms with Crippen molar-refractivity contribution in [2.45, 2.75) is 133 Å². The predicted molar refractivity (Wildman–Crippen MR) is 251 cm³/mol. The number of aliphatic hydroxyl groups is 6. The van der Waals surface area contributed by atoms with Crippen LogP contribution in [0.2, 0.25) is 0 Å². The molecule has 9 N–H and O–H groups in total. The van der Waals surface area contributed by atoms with E-state index in [1.807, 2.05) is 13.8 Å². The first-order valence-electron chi connectivity index (χ1n) is 25.3. The molecule has 0 amide bonds. The SMILES string of the molecule is CC(CCO)C(C)C1C(=O)OC(C(C)CCO)C(C(=O)O)C(C)C(CCO)C2OC(=O)C(C(C)C(CCO)C(C)C(C)C(=O)OC(C(C)C(=O)O)C(CCO)C(C)C2C(=O)O)C(C)C(CCO)C1C. The Hall–Kier alpha value is -3.42. The van der Waals surface area contributed by atoms with Gasteiger partial charge in [0.05, 0.1) is 35.5 Å². The van der Waals surface area contributed by atoms with E-state index in [-0.39, 0.29) is 51.2 Å². The van der Waals surface area contributed by atoms with Crippen LogP contribution in [0.5, 0.6) is 0 Å². The summed E-state index contributed by atoms with van der Waals surface area (Å²) in [6.07, 6.45) is -5.05. The summed E-state index contributed by atoms with van der Waals surface area (Å²) in [4.78, 5) is 86.1. The molecule has 22 atom stereocenters. The summed E-state index contributed by atoms with van der Waals surface area (Å²) in [5.41, 5.74) is 0. The van der Waals surface area contributed by atoms with Crippen molar-refractivity contribution in [3.63, 3.8) is 0 Å². The topological polar surface area (TPSA) is 312 Å². The molecule has 0 saturated carbocycles. The van der Waals surface area contributed by atoms with Crippen LogP contribution in [0.15, 0.2) is 0 Å². The van der Waals surface area contributed by atoms with Gasteiger partial charge in [0.25, 0.3) is 0 Å². The summed E-state index contributed by atoms with van der Waals surface area (Å²) in [6, 6.07) is 0. The quantitative estimate of drug-likeness (QED) is 0.0646. The van der Waals surface area contributed by atoms with Crippen molar-refractivity contribution in [3.05, 3.63) is 0 Å². The van der Waals surface area contributed by atoms with E-state index < -0.39 is 187 Å². The Kier molecular flexibility index (Phi) is 25.6. The number of cyclic esters (lactones) is 2. The van der Waals surface area contributed by atoms with Gasteiger partial charge in [-0.2, -0.15) is 0 Å². The minimum atomic E-state index is -1.82. The third-order valence-electron chi connectivity index (χ3n) is 17.4. The second kappa shape index (κ2) is 28.6. The number of hydrogen-bond donors (Lipinski definition) is 9. The molecule has 2 aliphatic heterocycles. The molecule has 2 heterocycles. The minimum Gasteiger partial charge on any atom is -0.481 e. The monoisotopic (exact) mass is 989 g/mol. The fourth-order valence-corrected chi connectivity index (χ4v) is 12.6. The fourth-order valence-electron chi connectivity index (χ4n) is 12.6. The smallest absolute Gasteiger partial charge is 0.310 e. The second-order valence-corrected chi connectivity index (χ2v) is 21.1. The maximum atomic E-state index is 15.8. The molecule has 69 heavy (non-hydrogen) atoms. The Balaban J connectivity index is 3.45. The zero-order chi connectivity index (χ0) is 52.8. The molecule has 18 nitrogen and oxygen atoms in total. The van der Waals surface area contributed by atoms with E-state index >= 15 is 9.59 Å². The molecule has 0 aliphatic carbocycles. The maximum absolute atomic E-state index is 15.8. The Morgan fingerprint density at radius 1 is 0.493 bits per heavy atom. The number of aliphatic hydroxyl groups excluding tert-OH is 6. The number of esters is 3. The molecule has 0 radical (unpaired) electrons. The zero-order valence-corrected chi connectivity index (χ0v) is 42.9. The van der Waals surface area contributed by atoms with Crippen LogP contribution in [0.25, 0.3) is 0 Å². The van der Waals surface area contributed by atoms with Gasteiger partial charge >= 0.3 is 35.8 Å². The number of carbonyl (C=O) groups excluding carboxylic acids is 3. The van der Waals surface area contributed by atoms with Crippen LogP contribution in [-0.4, -0.2) is 140 Å². The van der Waals surface area contributed by atoms with Gasteiger partial charge in [-0.25, -0.2) is 0 Å². The van der Waals surface area contributed by atoms with E-state index in [9.17, 15) is 65.1 Å². The van der Waals surface area contributed by atoms with Crippen LogP contribution < -0.4 is 0 Å². The number of hydrogen-bond acceptors (Lipinski definition) is 15. The Labute approximate surface area is 408 Å². The van der Waals surface area contributed by atoms with E-state index in [2.05, 4.69) is 0 Å². The van der Waals surface area contributed by atoms with Gasteiger partial charge in [-0.05, 0) is 111 Å². The highest BCUT2D eigenvalue weighted by Gasteiger charge is 2.55. The lowest BCUT2D eigenvalue weighted by Crippen LogP contribution is -2.54. The average Bonchev–Trinajstić information content (AvgIpc) is 3.28. The fraction of sp³-hybridized carbons (Fsp3) is 0.882. The Bertz CT molecular complexity index is 1640. The molecule has 0 aromatic carbocycles. The van der Waals surface area contributed by atoms with Crippen LogP contribution in [0.3, 0.4) is 0 Å². The van der Waals surface area contributed by atoms with Crippen molar-refractivity contribution in [3.8, 4) is 0 Å². The number of ether oxygens (including phenoxy) is 3. The standard InChI is InChI=1S/C51H88O18/c1-24(12-18-52)26(3)39-30(7)36(15-21-55)31(8)40-29(6)35(14-20-54)27(4)28(5)49(64)68-44(34(11)46(58)59)37(16-22-56)32(9)42(48(62)63)45(69-51(40)66)38(17-23-57)33(10)41(47(60)61)43(67-50(39)65)25(2)13-19-53/h24-45,52-57H,12-23H2,1-11H3,(H,58,59)(H,60,61)(H,62,63). The molecular weight excluding hydrogens is 901 g/mol. The molecule has 2 saturated heterocycles. The lowest BCUT2D eigenvalue weighted by Gasteiger charge is -2.47. The summed E-state index contributed by atoms with van der Waals surface area (Å²) in [5.74, 6) is -26.0. The molecule has 18 heteroatoms. The Morgan fingerprint density at radius 3 is 1.41 bits per heavy atom. The first-order chi connectivity index (χ1) is 32.4. The van der Waals surface area contributed by atoms with Gasteiger partial charge in [0.15, 0.2) is 0 Å². The average molecular weight is 989 g/mol. The van der Waals surface area contributed by atoms with Crippen molar-refractivity contribution in [1.29, 1.82) is 0 Å². The number of fused-ring (bicyclic) bond motifs is 3. The normalized spacial score (nSPS) is 37.4. The minimum absolute atomic E-state index is 0.0243. The second-order valence-electron chi connectivity index (χ2n) is 21.1. The molecule has 2 fully saturated rings. The number of rotatable bonds is 19. The number of carboxylic acid groups (broad SMARTS) is 3. The third kappa shape index (κ3) is 14.8. The van der Waals surface area contributed by atoms with Crippen molar-refractivity contribution >= 4 is 35.8 Å². The van der Waals surface area contributed by atoms with E-state index in [0.29, 0.717) is 6.42 Å². The van der Waals surface area contributed by atoms with E-state index in [0.717, 1.165) is 0 Å². The predicted octanol–water partition coefficient (Wildman–Crippen LogP) is 4.22. The van der Waals surface area contributed by atoms with Gasteiger partial charge in [0.1, 0.15) is 18.3 Å². The molecular formula is C51H88O18. The summed E-state index contributed by atoms with van der Waals surface area (Å²) < 4.78 is 19.3. The first kappa shape index (κ1) is 61.7. The van der Waals surface area contributed by atoms with Crippen molar-refractivity contribution < 1.29 is 88.9 Å². The van der Waals surface area contributed by atoms with Crippen molar-refractivity contribution in [2.24, 2.45) is 112 Å². The summed E-state index contributed by atoms with van der Waals surface area (Å²) in [5, 5.41) is 96.0. The number of aliphatic carboxylic acids is 3. The summed E-state index contributed by atoms with van der Waals surface area (Å²) in [7, 11) is 0. The molecule has 22 unspecified atom stereocenters. The Morgan fingerprint density at radius 2 is 0.942 bits per heavy atom. The van der Waals surface area contributed by atoms with Gasteiger partial charge in [-0.15, -0.1) is 0 Å². The van der Waals surface area contributed by atoms with Crippen LogP contribution in [0, 0.1) is 112 Å². The van der Waals surface area contributed by atoms with Gasteiger partial charge in [-0.1, -0.05) is 69.2 Å². The highest BCUT2D eigenvalue weighted by atomic mass is 16.6. The lowest BCUT2D eigenvalue weighted by atomic mass is 9.61. The molecule has 2 aliphatic rings. The molecule has 0 spiro atoms. The summed E-state index contributed by atoms with van der Waals surface area (Å²) >= 11 is 0. The van der Waals surface area contributed by atoms with Crippen LogP contribution in [0.4, 0.5) is 0 Å². The van der Waals surface area contributed by atoms with Gasteiger partial charge in [0, 0.05) is 51.5 Å². The summed E-state index contributed by atoms with van der Waals surface area (Å²) in [6.45, 7) is 15.5. The van der Waals surface area contributed by atoms with Crippen molar-refractivity contribution in [2.75, 3.05) is 39.6 Å². The maximum Gasteiger partial charge on any atom is 0.310 e. The van der Waals surface area contributed by atoms with Crippen LogP contribution in [0.1, 0.15) is 115 Å². The number of carboxylic acids is 3. The molecule has 2 bridgehead atoms. The van der Waals surface area contributed by atoms with Gasteiger partial charge in [0.2, 0.25) is 0 Å². The highest BCUT2D eigenvalue weighted by molar-refractivity contribution is 5.78. The van der Waals surface area contributed by atoms with Crippen LogP contribution >= 0.6 is 0 Å². The molecule has 0 aromatic rings. The van der Waals surface area contributed by atoms with Crippen molar-refractivity contribution in [1.82, 2.24) is 0 Å². The van der Waals surface area contributed by atoms with Gasteiger partial charge in [-0.3, -0.25) is 28.8 Å². The highest BCUT2D eigenvalue weighted by Crippen LogP contribution is 2.49. The lowest BCUT2D eigenvalue weighted by molar-refractivity contribution is -0.188. The van der Waals surface area contributed by atoms with E-state index in [1.54, 1.807) is 41.5 Å². The van der Waals surface area contributed by atoms with Gasteiger partial charge < -0.3 is 60.2 Å². The largest absolute Gasteiger partial charge is 0.481 e. The molecule has 0 aromatic heterocycles. The molecule has 400 valence electrons. The molecule has 2 rings (SSSR count). The van der Waals surface area contributed by atoms with Crippen LogP contribution in [-0.2, 0) is 43.0 Å². The first-order valence-corrected chi connectivity index (χ1v) is 25.3. The van der Waals surface area contributed by atoms with E-state index in [4.69, 9.17) is 14.2 Å².